The number of ketones is 1. The molecule has 8 nitrogen and oxygen atoms in total. The second kappa shape index (κ2) is 5.90. The molecule has 2 heterocycles. The Morgan fingerprint density at radius 1 is 1.04 bits per heavy atom. The molecule has 2 fully saturated rings. The minimum atomic E-state index is -2.29. The minimum Gasteiger partial charge on any atom is -0.466 e. The molecule has 1 aliphatic carbocycles. The van der Waals surface area contributed by atoms with Crippen LogP contribution in [0.15, 0.2) is 11.1 Å². The van der Waals surface area contributed by atoms with E-state index < -0.39 is 45.9 Å². The number of methoxy groups -OCH3 is 2. The number of esters is 3. The summed E-state index contributed by atoms with van der Waals surface area (Å²) in [6, 6.07) is 0. The zero-order chi connectivity index (χ0) is 19.3. The van der Waals surface area contributed by atoms with Gasteiger partial charge in [-0.05, 0) is 26.7 Å². The van der Waals surface area contributed by atoms with E-state index in [2.05, 4.69) is 0 Å². The Balaban J connectivity index is 2.37. The van der Waals surface area contributed by atoms with Crippen LogP contribution < -0.4 is 0 Å². The van der Waals surface area contributed by atoms with E-state index in [1.54, 1.807) is 13.8 Å². The molecule has 26 heavy (non-hydrogen) atoms. The highest BCUT2D eigenvalue weighted by molar-refractivity contribution is 6.26. The first-order valence-electron chi connectivity index (χ1n) is 8.61. The van der Waals surface area contributed by atoms with Gasteiger partial charge in [-0.25, -0.2) is 14.4 Å². The molecule has 0 aromatic heterocycles. The van der Waals surface area contributed by atoms with Gasteiger partial charge in [0.1, 0.15) is 11.2 Å². The zero-order valence-electron chi connectivity index (χ0n) is 15.3. The molecule has 8 heteroatoms. The summed E-state index contributed by atoms with van der Waals surface area (Å²) in [5.41, 5.74) is -5.31. The molecule has 2 bridgehead atoms. The third-order valence-electron chi connectivity index (χ3n) is 5.84. The number of hydrogen-bond acceptors (Lipinski definition) is 8. The summed E-state index contributed by atoms with van der Waals surface area (Å²) in [4.78, 5) is 51.4. The van der Waals surface area contributed by atoms with Crippen LogP contribution in [0.4, 0.5) is 0 Å². The maximum Gasteiger partial charge on any atom is 0.351 e. The van der Waals surface area contributed by atoms with E-state index in [1.165, 1.54) is 7.11 Å². The third kappa shape index (κ3) is 1.88. The van der Waals surface area contributed by atoms with Gasteiger partial charge in [0.2, 0.25) is 0 Å². The van der Waals surface area contributed by atoms with E-state index in [4.69, 9.17) is 18.9 Å². The van der Waals surface area contributed by atoms with Crippen LogP contribution in [0.2, 0.25) is 0 Å². The fourth-order valence-corrected chi connectivity index (χ4v) is 4.67. The summed E-state index contributed by atoms with van der Waals surface area (Å²) >= 11 is 0. The van der Waals surface area contributed by atoms with Gasteiger partial charge in [-0.15, -0.1) is 0 Å². The molecular formula is C18H22O8. The van der Waals surface area contributed by atoms with Crippen LogP contribution in [0.5, 0.6) is 0 Å². The standard InChI is InChI=1S/C18H22O8/c1-5-25-15(22)18-11(13(20)24-4)10(12(19)23-3)17(26-18)9-7-6-8-16(17,2)14(18)21/h5-9H2,1-4H3/t16-,17-,18+/m0/s1. The summed E-state index contributed by atoms with van der Waals surface area (Å²) in [6.07, 6.45) is 2.17. The van der Waals surface area contributed by atoms with Crippen molar-refractivity contribution in [2.45, 2.75) is 50.7 Å². The van der Waals surface area contributed by atoms with Crippen molar-refractivity contribution in [3.63, 3.8) is 0 Å². The van der Waals surface area contributed by atoms with Gasteiger partial charge in [-0.2, -0.15) is 0 Å². The molecule has 1 saturated heterocycles. The monoisotopic (exact) mass is 366 g/mol. The second-order valence-electron chi connectivity index (χ2n) is 6.93. The van der Waals surface area contributed by atoms with Crippen molar-refractivity contribution in [3.05, 3.63) is 11.1 Å². The van der Waals surface area contributed by atoms with Crippen LogP contribution in [0.25, 0.3) is 0 Å². The van der Waals surface area contributed by atoms with E-state index in [-0.39, 0.29) is 12.2 Å². The Bertz CT molecular complexity index is 737. The number of Topliss-reactive ketones (excluding diaryl/α,β-unsaturated/α-hetero) is 1. The van der Waals surface area contributed by atoms with Gasteiger partial charge in [-0.1, -0.05) is 12.8 Å². The lowest BCUT2D eigenvalue weighted by Gasteiger charge is -2.45. The van der Waals surface area contributed by atoms with Gasteiger partial charge in [0, 0.05) is 0 Å². The molecule has 3 rings (SSSR count). The fourth-order valence-electron chi connectivity index (χ4n) is 4.67. The smallest absolute Gasteiger partial charge is 0.351 e. The molecule has 1 saturated carbocycles. The summed E-state index contributed by atoms with van der Waals surface area (Å²) in [5, 5.41) is 0. The summed E-state index contributed by atoms with van der Waals surface area (Å²) in [7, 11) is 2.28. The highest BCUT2D eigenvalue weighted by atomic mass is 16.6. The highest BCUT2D eigenvalue weighted by Crippen LogP contribution is 2.66. The molecule has 3 aliphatic rings. The summed E-state index contributed by atoms with van der Waals surface area (Å²) in [6.45, 7) is 3.24. The highest BCUT2D eigenvalue weighted by Gasteiger charge is 2.82. The fraction of sp³-hybridized carbons (Fsp3) is 0.667. The Labute approximate surface area is 150 Å². The largest absolute Gasteiger partial charge is 0.466 e. The van der Waals surface area contributed by atoms with Crippen molar-refractivity contribution >= 4 is 23.7 Å². The molecule has 1 spiro atoms. The van der Waals surface area contributed by atoms with E-state index >= 15 is 0 Å². The maximum absolute atomic E-state index is 13.4. The van der Waals surface area contributed by atoms with Gasteiger partial charge in [-0.3, -0.25) is 4.79 Å². The lowest BCUT2D eigenvalue weighted by atomic mass is 9.55. The van der Waals surface area contributed by atoms with Gasteiger partial charge >= 0.3 is 17.9 Å². The Morgan fingerprint density at radius 3 is 2.19 bits per heavy atom. The SMILES string of the molecule is CCOC(=O)[C@]12O[C@@]3(CCCC[C@@]3(C)C1=O)C(C(=O)OC)=C2C(=O)OC. The van der Waals surface area contributed by atoms with Crippen molar-refractivity contribution in [2.75, 3.05) is 20.8 Å². The quantitative estimate of drug-likeness (QED) is 0.410. The first-order chi connectivity index (χ1) is 12.3. The predicted molar refractivity (Wildman–Crippen MR) is 85.8 cm³/mol. The number of rotatable bonds is 4. The normalized spacial score (nSPS) is 35.2. The lowest BCUT2D eigenvalue weighted by Crippen LogP contribution is -2.57. The first-order valence-corrected chi connectivity index (χ1v) is 8.61. The molecular weight excluding hydrogens is 344 g/mol. The molecule has 3 atom stereocenters. The molecule has 0 amide bonds. The molecule has 0 aromatic carbocycles. The lowest BCUT2D eigenvalue weighted by molar-refractivity contribution is -0.173. The van der Waals surface area contributed by atoms with Crippen molar-refractivity contribution in [1.29, 1.82) is 0 Å². The molecule has 0 N–H and O–H groups in total. The number of ether oxygens (including phenoxy) is 4. The Kier molecular flexibility index (Phi) is 4.22. The van der Waals surface area contributed by atoms with E-state index in [0.29, 0.717) is 19.3 Å². The van der Waals surface area contributed by atoms with Crippen LogP contribution in [0.1, 0.15) is 39.5 Å². The Morgan fingerprint density at radius 2 is 1.62 bits per heavy atom. The summed E-state index contributed by atoms with van der Waals surface area (Å²) in [5.74, 6) is -3.34. The van der Waals surface area contributed by atoms with Crippen LogP contribution >= 0.6 is 0 Å². The predicted octanol–water partition coefficient (Wildman–Crippen LogP) is 0.863. The van der Waals surface area contributed by atoms with Crippen molar-refractivity contribution in [2.24, 2.45) is 5.41 Å². The number of hydrogen-bond donors (Lipinski definition) is 0. The van der Waals surface area contributed by atoms with Gasteiger partial charge in [0.15, 0.2) is 5.78 Å². The van der Waals surface area contributed by atoms with Gasteiger partial charge in [0.25, 0.3) is 5.60 Å². The maximum atomic E-state index is 13.4. The average Bonchev–Trinajstić information content (AvgIpc) is 3.05. The van der Waals surface area contributed by atoms with Crippen molar-refractivity contribution < 1.29 is 38.1 Å². The van der Waals surface area contributed by atoms with Crippen molar-refractivity contribution in [3.8, 4) is 0 Å². The number of carbonyl (C=O) groups excluding carboxylic acids is 4. The molecule has 2 aliphatic heterocycles. The van der Waals surface area contributed by atoms with Gasteiger partial charge in [0.05, 0.1) is 31.8 Å². The van der Waals surface area contributed by atoms with E-state index in [1.807, 2.05) is 0 Å². The van der Waals surface area contributed by atoms with Gasteiger partial charge < -0.3 is 18.9 Å². The van der Waals surface area contributed by atoms with Crippen molar-refractivity contribution in [1.82, 2.24) is 0 Å². The van der Waals surface area contributed by atoms with Crippen LogP contribution in [-0.4, -0.2) is 55.7 Å². The minimum absolute atomic E-state index is 0.0110. The molecule has 0 aromatic rings. The number of carbonyl (C=O) groups is 4. The first kappa shape index (κ1) is 18.6. The second-order valence-corrected chi connectivity index (χ2v) is 6.93. The third-order valence-corrected chi connectivity index (χ3v) is 5.84. The number of fused-ring (bicyclic) bond motifs is 1. The Hall–Kier alpha value is -2.22. The van der Waals surface area contributed by atoms with E-state index in [0.717, 1.165) is 13.5 Å². The van der Waals surface area contributed by atoms with Crippen LogP contribution in [0, 0.1) is 5.41 Å². The zero-order valence-corrected chi connectivity index (χ0v) is 15.3. The summed E-state index contributed by atoms with van der Waals surface area (Å²) < 4.78 is 20.8. The topological polar surface area (TPSA) is 105 Å². The molecule has 0 unspecified atom stereocenters. The molecule has 0 radical (unpaired) electrons. The molecule has 142 valence electrons. The average molecular weight is 366 g/mol. The van der Waals surface area contributed by atoms with Crippen LogP contribution in [-0.2, 0) is 38.1 Å². The van der Waals surface area contributed by atoms with Crippen LogP contribution in [0.3, 0.4) is 0 Å². The van der Waals surface area contributed by atoms with E-state index in [9.17, 15) is 19.2 Å².